The van der Waals surface area contributed by atoms with E-state index in [1.165, 1.54) is 0 Å². The van der Waals surface area contributed by atoms with Gasteiger partial charge in [-0.05, 0) is 31.2 Å². The van der Waals surface area contributed by atoms with Crippen LogP contribution in [0.4, 0.5) is 0 Å². The monoisotopic (exact) mass is 284 g/mol. The maximum Gasteiger partial charge on any atom is 0.338 e. The van der Waals surface area contributed by atoms with E-state index in [4.69, 9.17) is 9.15 Å². The van der Waals surface area contributed by atoms with E-state index in [2.05, 4.69) is 10.2 Å². The summed E-state index contributed by atoms with van der Waals surface area (Å²) in [5.41, 5.74) is 1.14. The van der Waals surface area contributed by atoms with Gasteiger partial charge in [0, 0.05) is 12.5 Å². The Balaban J connectivity index is 2.05. The van der Waals surface area contributed by atoms with E-state index in [0.717, 1.165) is 0 Å². The number of ether oxygens (including phenoxy) is 1. The van der Waals surface area contributed by atoms with Gasteiger partial charge in [0.25, 0.3) is 0 Å². The van der Waals surface area contributed by atoms with Crippen molar-refractivity contribution in [1.29, 1.82) is 0 Å². The summed E-state index contributed by atoms with van der Waals surface area (Å²) in [5, 5.41) is 7.69. The molecule has 2 rings (SSSR count). The Morgan fingerprint density at radius 2 is 2.19 bits per heavy atom. The quantitative estimate of drug-likeness (QED) is 0.622. The third kappa shape index (κ3) is 4.14. The summed E-state index contributed by atoms with van der Waals surface area (Å²) < 4.78 is 10.5. The summed E-state index contributed by atoms with van der Waals surface area (Å²) in [6.07, 6.45) is 7.36. The molecule has 0 saturated carbocycles. The molecule has 0 amide bonds. The molecule has 0 bridgehead atoms. The van der Waals surface area contributed by atoms with Crippen LogP contribution in [0.5, 0.6) is 0 Å². The first kappa shape index (κ1) is 14.7. The van der Waals surface area contributed by atoms with Crippen LogP contribution >= 0.6 is 0 Å². The van der Waals surface area contributed by atoms with Crippen LogP contribution < -0.4 is 0 Å². The molecule has 1 aromatic carbocycles. The lowest BCUT2D eigenvalue weighted by molar-refractivity contribution is 0.0549. The molecule has 0 radical (unpaired) electrons. The molecule has 0 aliphatic heterocycles. The standard InChI is InChI=1S/C16H16N2O3/c1-3-4-5-6-10-20-16(19)14-9-7-8-13(11-14)15-18-17-12(2)21-15/h3-9,11H,10H2,1-2H3/b4-3+,6-5+. The van der Waals surface area contributed by atoms with Crippen LogP contribution in [0.15, 0.2) is 53.0 Å². The normalized spacial score (nSPS) is 11.3. The molecule has 0 aliphatic carbocycles. The average molecular weight is 284 g/mol. The molecular formula is C16H16N2O3. The highest BCUT2D eigenvalue weighted by Gasteiger charge is 2.11. The topological polar surface area (TPSA) is 65.2 Å². The maximum absolute atomic E-state index is 11.9. The fraction of sp³-hybridized carbons (Fsp3) is 0.188. The predicted molar refractivity (Wildman–Crippen MR) is 78.7 cm³/mol. The zero-order chi connectivity index (χ0) is 15.1. The molecule has 0 aliphatic rings. The minimum Gasteiger partial charge on any atom is -0.458 e. The Morgan fingerprint density at radius 3 is 2.90 bits per heavy atom. The number of rotatable bonds is 5. The summed E-state index contributed by atoms with van der Waals surface area (Å²) in [6.45, 7) is 3.86. The summed E-state index contributed by atoms with van der Waals surface area (Å²) in [6, 6.07) is 6.91. The van der Waals surface area contributed by atoms with E-state index in [0.29, 0.717) is 22.9 Å². The van der Waals surface area contributed by atoms with Crippen molar-refractivity contribution in [3.8, 4) is 11.5 Å². The Morgan fingerprint density at radius 1 is 1.33 bits per heavy atom. The largest absolute Gasteiger partial charge is 0.458 e. The predicted octanol–water partition coefficient (Wildman–Crippen LogP) is 3.33. The lowest BCUT2D eigenvalue weighted by atomic mass is 10.1. The summed E-state index contributed by atoms with van der Waals surface area (Å²) in [5.74, 6) is 0.473. The molecule has 21 heavy (non-hydrogen) atoms. The van der Waals surface area contributed by atoms with Gasteiger partial charge in [-0.15, -0.1) is 10.2 Å². The van der Waals surface area contributed by atoms with Crippen LogP contribution in [0.1, 0.15) is 23.2 Å². The Hall–Kier alpha value is -2.69. The molecule has 0 spiro atoms. The molecule has 0 fully saturated rings. The fourth-order valence-corrected chi connectivity index (χ4v) is 1.64. The summed E-state index contributed by atoms with van der Waals surface area (Å²) >= 11 is 0. The van der Waals surface area contributed by atoms with Crippen LogP contribution in [-0.2, 0) is 4.74 Å². The van der Waals surface area contributed by atoms with Gasteiger partial charge < -0.3 is 9.15 Å². The fourth-order valence-electron chi connectivity index (χ4n) is 1.64. The molecule has 1 heterocycles. The van der Waals surface area contributed by atoms with Crippen LogP contribution in [0.25, 0.3) is 11.5 Å². The number of aromatic nitrogens is 2. The minimum atomic E-state index is -0.391. The van der Waals surface area contributed by atoms with Crippen molar-refractivity contribution in [2.24, 2.45) is 0 Å². The van der Waals surface area contributed by atoms with Crippen LogP contribution in [0, 0.1) is 6.92 Å². The summed E-state index contributed by atoms with van der Waals surface area (Å²) in [7, 11) is 0. The van der Waals surface area contributed by atoms with Crippen LogP contribution in [0.3, 0.4) is 0 Å². The van der Waals surface area contributed by atoms with Crippen molar-refractivity contribution < 1.29 is 13.9 Å². The minimum absolute atomic E-state index is 0.229. The van der Waals surface area contributed by atoms with Crippen LogP contribution in [-0.4, -0.2) is 22.8 Å². The highest BCUT2D eigenvalue weighted by Crippen LogP contribution is 2.19. The molecule has 0 unspecified atom stereocenters. The molecule has 0 saturated heterocycles. The summed E-state index contributed by atoms with van der Waals surface area (Å²) in [4.78, 5) is 11.9. The SMILES string of the molecule is C/C=C/C=C/COC(=O)c1cccc(-c2nnc(C)o2)c1. The van der Waals surface area contributed by atoms with Gasteiger partial charge in [0.1, 0.15) is 6.61 Å². The Bertz CT molecular complexity index is 672. The second-order valence-electron chi connectivity index (χ2n) is 4.26. The zero-order valence-electron chi connectivity index (χ0n) is 11.9. The number of allylic oxidation sites excluding steroid dienone is 3. The number of esters is 1. The van der Waals surface area contributed by atoms with Crippen molar-refractivity contribution >= 4 is 5.97 Å². The average Bonchev–Trinajstić information content (AvgIpc) is 2.93. The second kappa shape index (κ2) is 7.19. The van der Waals surface area contributed by atoms with Crippen molar-refractivity contribution in [3.63, 3.8) is 0 Å². The van der Waals surface area contributed by atoms with E-state index < -0.39 is 5.97 Å². The molecule has 2 aromatic rings. The van der Waals surface area contributed by atoms with Crippen molar-refractivity contribution in [3.05, 3.63) is 60.0 Å². The van der Waals surface area contributed by atoms with E-state index in [1.54, 1.807) is 37.3 Å². The van der Waals surface area contributed by atoms with E-state index in [9.17, 15) is 4.79 Å². The van der Waals surface area contributed by atoms with E-state index in [-0.39, 0.29) is 6.61 Å². The highest BCUT2D eigenvalue weighted by atomic mass is 16.5. The molecule has 1 aromatic heterocycles. The Labute approximate surface area is 123 Å². The van der Waals surface area contributed by atoms with Gasteiger partial charge in [0.2, 0.25) is 11.8 Å². The van der Waals surface area contributed by atoms with Gasteiger partial charge in [-0.25, -0.2) is 4.79 Å². The smallest absolute Gasteiger partial charge is 0.338 e. The van der Waals surface area contributed by atoms with Crippen LogP contribution in [0.2, 0.25) is 0 Å². The van der Waals surface area contributed by atoms with Gasteiger partial charge >= 0.3 is 5.97 Å². The molecule has 0 atom stereocenters. The number of carbonyl (C=O) groups excluding carboxylic acids is 1. The van der Waals surface area contributed by atoms with Gasteiger partial charge in [-0.1, -0.05) is 24.3 Å². The first-order valence-corrected chi connectivity index (χ1v) is 6.56. The second-order valence-corrected chi connectivity index (χ2v) is 4.26. The first-order chi connectivity index (χ1) is 10.2. The van der Waals surface area contributed by atoms with Crippen molar-refractivity contribution in [1.82, 2.24) is 10.2 Å². The molecule has 0 N–H and O–H groups in total. The maximum atomic E-state index is 11.9. The number of carbonyl (C=O) groups is 1. The van der Waals surface area contributed by atoms with Crippen molar-refractivity contribution in [2.45, 2.75) is 13.8 Å². The lowest BCUT2D eigenvalue weighted by Gasteiger charge is -2.03. The number of hydrogen-bond donors (Lipinski definition) is 0. The number of aryl methyl sites for hydroxylation is 1. The molecule has 5 heteroatoms. The van der Waals surface area contributed by atoms with Gasteiger partial charge in [0.05, 0.1) is 5.56 Å². The van der Waals surface area contributed by atoms with Crippen molar-refractivity contribution in [2.75, 3.05) is 6.61 Å². The van der Waals surface area contributed by atoms with Gasteiger partial charge in [-0.3, -0.25) is 0 Å². The molecular weight excluding hydrogens is 268 g/mol. The third-order valence-corrected chi connectivity index (χ3v) is 2.62. The number of nitrogens with zero attached hydrogens (tertiary/aromatic N) is 2. The number of hydrogen-bond acceptors (Lipinski definition) is 5. The number of benzene rings is 1. The van der Waals surface area contributed by atoms with Gasteiger partial charge in [-0.2, -0.15) is 0 Å². The van der Waals surface area contributed by atoms with E-state index in [1.807, 2.05) is 25.2 Å². The highest BCUT2D eigenvalue weighted by molar-refractivity contribution is 5.90. The molecule has 108 valence electrons. The molecule has 5 nitrogen and oxygen atoms in total. The third-order valence-electron chi connectivity index (χ3n) is 2.62. The first-order valence-electron chi connectivity index (χ1n) is 6.56. The lowest BCUT2D eigenvalue weighted by Crippen LogP contribution is -2.05. The Kier molecular flexibility index (Phi) is 5.04. The zero-order valence-corrected chi connectivity index (χ0v) is 11.9. The van der Waals surface area contributed by atoms with E-state index >= 15 is 0 Å². The van der Waals surface area contributed by atoms with Gasteiger partial charge in [0.15, 0.2) is 0 Å².